The van der Waals surface area contributed by atoms with Crippen molar-refractivity contribution in [3.63, 3.8) is 0 Å². The van der Waals surface area contributed by atoms with Gasteiger partial charge >= 0.3 is 0 Å². The minimum Gasteiger partial charge on any atom is -0.261 e. The zero-order chi connectivity index (χ0) is 11.1. The monoisotopic (exact) mass is 193 g/mol. The van der Waals surface area contributed by atoms with Gasteiger partial charge in [-0.3, -0.25) is 4.98 Å². The van der Waals surface area contributed by atoms with Crippen LogP contribution >= 0.6 is 0 Å². The van der Waals surface area contributed by atoms with Crippen molar-refractivity contribution in [3.05, 3.63) is 29.1 Å². The van der Waals surface area contributed by atoms with Crippen molar-refractivity contribution in [3.8, 4) is 0 Å². The van der Waals surface area contributed by atoms with Crippen LogP contribution in [0.15, 0.2) is 12.3 Å². The number of hydrogen-bond acceptors (Lipinski definition) is 1. The second-order valence-corrected chi connectivity index (χ2v) is 3.86. The highest BCUT2D eigenvalue weighted by Crippen LogP contribution is 2.10. The van der Waals surface area contributed by atoms with E-state index < -0.39 is 0 Å². The van der Waals surface area contributed by atoms with Gasteiger partial charge in [-0.1, -0.05) is 27.7 Å². The number of pyridine rings is 1. The predicted molar refractivity (Wildman–Crippen MR) is 63.6 cm³/mol. The largest absolute Gasteiger partial charge is 0.261 e. The second-order valence-electron chi connectivity index (χ2n) is 3.86. The molecule has 80 valence electrons. The molecule has 0 saturated heterocycles. The first kappa shape index (κ1) is 13.2. The summed E-state index contributed by atoms with van der Waals surface area (Å²) >= 11 is 0. The molecule has 0 fully saturated rings. The van der Waals surface area contributed by atoms with Crippen molar-refractivity contribution < 1.29 is 0 Å². The Hall–Kier alpha value is -0.850. The average molecular weight is 193 g/mol. The van der Waals surface area contributed by atoms with E-state index in [0.29, 0.717) is 5.92 Å². The van der Waals surface area contributed by atoms with Crippen LogP contribution in [-0.4, -0.2) is 4.98 Å². The molecule has 0 aromatic carbocycles. The zero-order valence-electron chi connectivity index (χ0n) is 10.4. The summed E-state index contributed by atoms with van der Waals surface area (Å²) in [6, 6.07) is 2.19. The standard InChI is InChI=1S/C11H17N.C2H6/c1-8(2)5-11-6-9(3)10(4)7-12-11;1-2/h6-8H,5H2,1-4H3;1-2H3. The summed E-state index contributed by atoms with van der Waals surface area (Å²) in [6.07, 6.45) is 3.05. The number of aromatic nitrogens is 1. The molecule has 0 bridgehead atoms. The summed E-state index contributed by atoms with van der Waals surface area (Å²) in [5.41, 5.74) is 3.84. The van der Waals surface area contributed by atoms with Crippen LogP contribution in [0.1, 0.15) is 44.5 Å². The summed E-state index contributed by atoms with van der Waals surface area (Å²) in [4.78, 5) is 4.38. The molecule has 0 aliphatic rings. The lowest BCUT2D eigenvalue weighted by Crippen LogP contribution is -1.98. The maximum atomic E-state index is 4.38. The fourth-order valence-electron chi connectivity index (χ4n) is 1.21. The van der Waals surface area contributed by atoms with Crippen molar-refractivity contribution in [2.75, 3.05) is 0 Å². The molecule has 1 aromatic heterocycles. The molecular formula is C13H23N. The van der Waals surface area contributed by atoms with Crippen molar-refractivity contribution in [2.24, 2.45) is 5.92 Å². The van der Waals surface area contributed by atoms with Crippen molar-refractivity contribution in [2.45, 2.75) is 48.0 Å². The van der Waals surface area contributed by atoms with Crippen molar-refractivity contribution in [1.82, 2.24) is 4.98 Å². The topological polar surface area (TPSA) is 12.9 Å². The van der Waals surface area contributed by atoms with E-state index in [1.165, 1.54) is 16.8 Å². The fourth-order valence-corrected chi connectivity index (χ4v) is 1.21. The third kappa shape index (κ3) is 4.40. The normalized spacial score (nSPS) is 9.64. The average Bonchev–Trinajstić information content (AvgIpc) is 2.14. The molecule has 0 saturated carbocycles. The molecule has 0 N–H and O–H groups in total. The van der Waals surface area contributed by atoms with Gasteiger partial charge in [0.2, 0.25) is 0 Å². The van der Waals surface area contributed by atoms with Gasteiger partial charge in [0.05, 0.1) is 0 Å². The first-order valence-electron chi connectivity index (χ1n) is 5.51. The Balaban J connectivity index is 0.000000791. The number of nitrogens with zero attached hydrogens (tertiary/aromatic N) is 1. The molecule has 0 unspecified atom stereocenters. The molecule has 0 aliphatic heterocycles. The number of hydrogen-bond donors (Lipinski definition) is 0. The van der Waals surface area contributed by atoms with Gasteiger partial charge in [-0.25, -0.2) is 0 Å². The van der Waals surface area contributed by atoms with Gasteiger partial charge in [0.15, 0.2) is 0 Å². The van der Waals surface area contributed by atoms with E-state index in [9.17, 15) is 0 Å². The summed E-state index contributed by atoms with van der Waals surface area (Å²) in [6.45, 7) is 12.7. The van der Waals surface area contributed by atoms with Crippen LogP contribution in [0.25, 0.3) is 0 Å². The predicted octanol–water partition coefficient (Wildman–Crippen LogP) is 3.92. The van der Waals surface area contributed by atoms with Gasteiger partial charge in [0, 0.05) is 11.9 Å². The van der Waals surface area contributed by atoms with E-state index in [2.05, 4.69) is 38.7 Å². The molecular weight excluding hydrogens is 170 g/mol. The van der Waals surface area contributed by atoms with Gasteiger partial charge in [-0.15, -0.1) is 0 Å². The first-order valence-corrected chi connectivity index (χ1v) is 5.51. The summed E-state index contributed by atoms with van der Waals surface area (Å²) in [5.74, 6) is 0.694. The van der Waals surface area contributed by atoms with Crippen LogP contribution in [0.4, 0.5) is 0 Å². The Morgan fingerprint density at radius 2 is 1.71 bits per heavy atom. The number of aryl methyl sites for hydroxylation is 2. The summed E-state index contributed by atoms with van der Waals surface area (Å²) in [7, 11) is 0. The highest BCUT2D eigenvalue weighted by atomic mass is 14.7. The molecule has 14 heavy (non-hydrogen) atoms. The summed E-state index contributed by atoms with van der Waals surface area (Å²) in [5, 5.41) is 0. The second kappa shape index (κ2) is 6.58. The molecule has 0 spiro atoms. The van der Waals surface area contributed by atoms with Gasteiger partial charge < -0.3 is 0 Å². The third-order valence-electron chi connectivity index (χ3n) is 2.05. The third-order valence-corrected chi connectivity index (χ3v) is 2.05. The Morgan fingerprint density at radius 1 is 1.14 bits per heavy atom. The smallest absolute Gasteiger partial charge is 0.0409 e. The van der Waals surface area contributed by atoms with Gasteiger partial charge in [-0.2, -0.15) is 0 Å². The first-order chi connectivity index (χ1) is 6.59. The number of rotatable bonds is 2. The SMILES string of the molecule is CC.Cc1cnc(CC(C)C)cc1C. The van der Waals surface area contributed by atoms with Crippen LogP contribution < -0.4 is 0 Å². The molecule has 1 rings (SSSR count). The molecule has 1 heterocycles. The van der Waals surface area contributed by atoms with Gasteiger partial charge in [0.1, 0.15) is 0 Å². The van der Waals surface area contributed by atoms with Gasteiger partial charge in [-0.05, 0) is 43.4 Å². The fraction of sp³-hybridized carbons (Fsp3) is 0.615. The molecule has 0 radical (unpaired) electrons. The Kier molecular flexibility index (Phi) is 6.18. The van der Waals surface area contributed by atoms with E-state index in [4.69, 9.17) is 0 Å². The van der Waals surface area contributed by atoms with E-state index in [1.807, 2.05) is 20.0 Å². The lowest BCUT2D eigenvalue weighted by atomic mass is 10.1. The molecule has 0 aliphatic carbocycles. The Labute approximate surface area is 88.6 Å². The molecule has 0 amide bonds. The molecule has 1 nitrogen and oxygen atoms in total. The Morgan fingerprint density at radius 3 is 2.14 bits per heavy atom. The van der Waals surface area contributed by atoms with Crippen LogP contribution in [0.5, 0.6) is 0 Å². The quantitative estimate of drug-likeness (QED) is 0.693. The maximum Gasteiger partial charge on any atom is 0.0409 e. The van der Waals surface area contributed by atoms with E-state index in [1.54, 1.807) is 0 Å². The lowest BCUT2D eigenvalue weighted by Gasteiger charge is -2.06. The highest BCUT2D eigenvalue weighted by molar-refractivity contribution is 5.23. The lowest BCUT2D eigenvalue weighted by molar-refractivity contribution is 0.634. The van der Waals surface area contributed by atoms with E-state index >= 15 is 0 Å². The minimum atomic E-state index is 0.694. The minimum absolute atomic E-state index is 0.694. The van der Waals surface area contributed by atoms with Gasteiger partial charge in [0.25, 0.3) is 0 Å². The van der Waals surface area contributed by atoms with E-state index in [-0.39, 0.29) is 0 Å². The molecule has 1 aromatic rings. The highest BCUT2D eigenvalue weighted by Gasteiger charge is 2.00. The van der Waals surface area contributed by atoms with Crippen LogP contribution in [-0.2, 0) is 6.42 Å². The molecule has 1 heteroatoms. The van der Waals surface area contributed by atoms with Crippen LogP contribution in [0.2, 0.25) is 0 Å². The van der Waals surface area contributed by atoms with Crippen molar-refractivity contribution >= 4 is 0 Å². The summed E-state index contributed by atoms with van der Waals surface area (Å²) < 4.78 is 0. The zero-order valence-corrected chi connectivity index (χ0v) is 10.4. The molecule has 0 atom stereocenters. The van der Waals surface area contributed by atoms with Crippen LogP contribution in [0.3, 0.4) is 0 Å². The Bertz CT molecular complexity index is 264. The van der Waals surface area contributed by atoms with Crippen LogP contribution in [0, 0.1) is 19.8 Å². The van der Waals surface area contributed by atoms with Crippen molar-refractivity contribution in [1.29, 1.82) is 0 Å². The maximum absolute atomic E-state index is 4.38. The van der Waals surface area contributed by atoms with E-state index in [0.717, 1.165) is 6.42 Å².